The summed E-state index contributed by atoms with van der Waals surface area (Å²) in [4.78, 5) is 0. The van der Waals surface area contributed by atoms with Crippen LogP contribution in [0.5, 0.6) is 0 Å². The van der Waals surface area contributed by atoms with Crippen LogP contribution in [-0.2, 0) is 14.2 Å². The highest BCUT2D eigenvalue weighted by molar-refractivity contribution is 4.64. The Bertz CT molecular complexity index is 137. The number of hydrogen-bond acceptors (Lipinski definition) is 3. The molecule has 0 aliphatic carbocycles. The molecule has 0 spiro atoms. The monoisotopic (exact) mass is 186 g/mol. The minimum atomic E-state index is 0.0642. The molecule has 2 rings (SSSR count). The van der Waals surface area contributed by atoms with Gasteiger partial charge in [0.25, 0.3) is 0 Å². The fraction of sp³-hybridized carbons (Fsp3) is 1.00. The molecular formula is C10H18O3. The Morgan fingerprint density at radius 1 is 1.15 bits per heavy atom. The smallest absolute Gasteiger partial charge is 0.157 e. The number of hydrogen-bond donors (Lipinski definition) is 0. The third-order valence-electron chi connectivity index (χ3n) is 2.68. The average molecular weight is 186 g/mol. The molecule has 2 saturated heterocycles. The maximum Gasteiger partial charge on any atom is 0.157 e. The Labute approximate surface area is 79.4 Å². The van der Waals surface area contributed by atoms with Gasteiger partial charge in [0.15, 0.2) is 6.29 Å². The minimum absolute atomic E-state index is 0.0642. The van der Waals surface area contributed by atoms with E-state index in [0.29, 0.717) is 5.92 Å². The van der Waals surface area contributed by atoms with Crippen molar-refractivity contribution in [3.63, 3.8) is 0 Å². The van der Waals surface area contributed by atoms with E-state index in [1.807, 2.05) is 0 Å². The van der Waals surface area contributed by atoms with Gasteiger partial charge in [-0.1, -0.05) is 0 Å². The van der Waals surface area contributed by atoms with Crippen molar-refractivity contribution in [1.82, 2.24) is 0 Å². The minimum Gasteiger partial charge on any atom is -0.381 e. The van der Waals surface area contributed by atoms with Gasteiger partial charge in [-0.3, -0.25) is 0 Å². The van der Waals surface area contributed by atoms with Crippen LogP contribution in [0.25, 0.3) is 0 Å². The van der Waals surface area contributed by atoms with Crippen molar-refractivity contribution in [2.24, 2.45) is 5.92 Å². The Hall–Kier alpha value is -0.120. The lowest BCUT2D eigenvalue weighted by atomic mass is 10.1. The van der Waals surface area contributed by atoms with Gasteiger partial charge in [-0.25, -0.2) is 0 Å². The van der Waals surface area contributed by atoms with E-state index >= 15 is 0 Å². The fourth-order valence-corrected chi connectivity index (χ4v) is 1.80. The van der Waals surface area contributed by atoms with E-state index in [0.717, 1.165) is 39.3 Å². The van der Waals surface area contributed by atoms with Crippen LogP contribution in [0.3, 0.4) is 0 Å². The summed E-state index contributed by atoms with van der Waals surface area (Å²) < 4.78 is 16.4. The summed E-state index contributed by atoms with van der Waals surface area (Å²) in [6, 6.07) is 0. The maximum absolute atomic E-state index is 5.66. The van der Waals surface area contributed by atoms with E-state index in [1.54, 1.807) is 0 Å². The summed E-state index contributed by atoms with van der Waals surface area (Å²) in [6.45, 7) is 3.45. The Kier molecular flexibility index (Phi) is 3.58. The van der Waals surface area contributed by atoms with Gasteiger partial charge in [-0.15, -0.1) is 0 Å². The molecule has 3 heteroatoms. The Morgan fingerprint density at radius 2 is 2.15 bits per heavy atom. The molecule has 0 amide bonds. The standard InChI is InChI=1S/C10H18O3/c1-2-5-12-10(3-1)13-8-9-4-6-11-7-9/h9-10H,1-8H2/t9-,10+/m0/s1. The summed E-state index contributed by atoms with van der Waals surface area (Å²) >= 11 is 0. The largest absolute Gasteiger partial charge is 0.381 e. The van der Waals surface area contributed by atoms with Crippen molar-refractivity contribution in [1.29, 1.82) is 0 Å². The third-order valence-corrected chi connectivity index (χ3v) is 2.68. The molecule has 0 aromatic rings. The van der Waals surface area contributed by atoms with E-state index in [1.165, 1.54) is 12.8 Å². The highest BCUT2D eigenvalue weighted by Gasteiger charge is 2.19. The summed E-state index contributed by atoms with van der Waals surface area (Å²) in [7, 11) is 0. The topological polar surface area (TPSA) is 27.7 Å². The second-order valence-corrected chi connectivity index (χ2v) is 3.86. The molecule has 0 bridgehead atoms. The SMILES string of the molecule is C1CC[C@@H](OC[C@H]2CCOC2)OC1. The first-order chi connectivity index (χ1) is 6.45. The lowest BCUT2D eigenvalue weighted by molar-refractivity contribution is -0.168. The van der Waals surface area contributed by atoms with E-state index in [9.17, 15) is 0 Å². The Balaban J connectivity index is 1.60. The van der Waals surface area contributed by atoms with Gasteiger partial charge >= 0.3 is 0 Å². The second kappa shape index (κ2) is 4.94. The molecule has 2 atom stereocenters. The molecule has 0 N–H and O–H groups in total. The van der Waals surface area contributed by atoms with Crippen molar-refractivity contribution in [3.05, 3.63) is 0 Å². The van der Waals surface area contributed by atoms with Crippen LogP contribution in [0, 0.1) is 5.92 Å². The van der Waals surface area contributed by atoms with Gasteiger partial charge in [0, 0.05) is 19.1 Å². The fourth-order valence-electron chi connectivity index (χ4n) is 1.80. The number of ether oxygens (including phenoxy) is 3. The van der Waals surface area contributed by atoms with Crippen LogP contribution in [0.15, 0.2) is 0 Å². The zero-order valence-electron chi connectivity index (χ0n) is 8.04. The van der Waals surface area contributed by atoms with E-state index in [2.05, 4.69) is 0 Å². The zero-order chi connectivity index (χ0) is 8.93. The van der Waals surface area contributed by atoms with Gasteiger partial charge in [-0.05, 0) is 25.7 Å². The van der Waals surface area contributed by atoms with Crippen molar-refractivity contribution >= 4 is 0 Å². The molecule has 2 heterocycles. The van der Waals surface area contributed by atoms with Crippen LogP contribution in [0.1, 0.15) is 25.7 Å². The molecule has 0 radical (unpaired) electrons. The second-order valence-electron chi connectivity index (χ2n) is 3.86. The van der Waals surface area contributed by atoms with Gasteiger partial charge in [0.1, 0.15) is 0 Å². The predicted molar refractivity (Wildman–Crippen MR) is 48.5 cm³/mol. The van der Waals surface area contributed by atoms with E-state index in [-0.39, 0.29) is 6.29 Å². The van der Waals surface area contributed by atoms with Crippen molar-refractivity contribution in [2.75, 3.05) is 26.4 Å². The highest BCUT2D eigenvalue weighted by Crippen LogP contribution is 2.17. The normalized spacial score (nSPS) is 35.1. The quantitative estimate of drug-likeness (QED) is 0.669. The molecule has 2 fully saturated rings. The van der Waals surface area contributed by atoms with Crippen molar-refractivity contribution < 1.29 is 14.2 Å². The molecule has 0 saturated carbocycles. The lowest BCUT2D eigenvalue weighted by Crippen LogP contribution is -2.25. The summed E-state index contributed by atoms with van der Waals surface area (Å²) in [5.41, 5.74) is 0. The molecule has 0 aromatic heterocycles. The van der Waals surface area contributed by atoms with Crippen molar-refractivity contribution in [3.8, 4) is 0 Å². The third kappa shape index (κ3) is 2.93. The molecule has 76 valence electrons. The van der Waals surface area contributed by atoms with Crippen LogP contribution < -0.4 is 0 Å². The van der Waals surface area contributed by atoms with Gasteiger partial charge in [-0.2, -0.15) is 0 Å². The summed E-state index contributed by atoms with van der Waals surface area (Å²) in [5.74, 6) is 0.602. The van der Waals surface area contributed by atoms with Gasteiger partial charge in [0.05, 0.1) is 13.2 Å². The molecule has 2 aliphatic rings. The summed E-state index contributed by atoms with van der Waals surface area (Å²) in [5, 5.41) is 0. The molecule has 0 aromatic carbocycles. The average Bonchev–Trinajstić information content (AvgIpc) is 2.69. The number of rotatable bonds is 3. The van der Waals surface area contributed by atoms with Crippen LogP contribution in [0.4, 0.5) is 0 Å². The van der Waals surface area contributed by atoms with Crippen LogP contribution >= 0.6 is 0 Å². The van der Waals surface area contributed by atoms with E-state index < -0.39 is 0 Å². The van der Waals surface area contributed by atoms with E-state index in [4.69, 9.17) is 14.2 Å². The first kappa shape index (κ1) is 9.44. The summed E-state index contributed by atoms with van der Waals surface area (Å²) in [6.07, 6.45) is 4.70. The molecule has 2 aliphatic heterocycles. The lowest BCUT2D eigenvalue weighted by Gasteiger charge is -2.23. The predicted octanol–water partition coefficient (Wildman–Crippen LogP) is 1.57. The van der Waals surface area contributed by atoms with Gasteiger partial charge in [0.2, 0.25) is 0 Å². The highest BCUT2D eigenvalue weighted by atomic mass is 16.7. The van der Waals surface area contributed by atoms with Crippen LogP contribution in [0.2, 0.25) is 0 Å². The molecule has 3 nitrogen and oxygen atoms in total. The first-order valence-electron chi connectivity index (χ1n) is 5.26. The van der Waals surface area contributed by atoms with Gasteiger partial charge < -0.3 is 14.2 Å². The van der Waals surface area contributed by atoms with Crippen LogP contribution in [-0.4, -0.2) is 32.7 Å². The maximum atomic E-state index is 5.66. The van der Waals surface area contributed by atoms with Crippen molar-refractivity contribution in [2.45, 2.75) is 32.0 Å². The zero-order valence-corrected chi connectivity index (χ0v) is 8.04. The molecule has 13 heavy (non-hydrogen) atoms. The first-order valence-corrected chi connectivity index (χ1v) is 5.26. The Morgan fingerprint density at radius 3 is 2.85 bits per heavy atom. The molecular weight excluding hydrogens is 168 g/mol. The molecule has 0 unspecified atom stereocenters.